The Bertz CT molecular complexity index is 925. The van der Waals surface area contributed by atoms with E-state index in [0.717, 1.165) is 27.5 Å². The van der Waals surface area contributed by atoms with Crippen LogP contribution in [-0.2, 0) is 24.3 Å². The Hall–Kier alpha value is -2.57. The third kappa shape index (κ3) is 5.70. The van der Waals surface area contributed by atoms with Crippen molar-refractivity contribution in [1.29, 1.82) is 0 Å². The molecule has 0 saturated heterocycles. The quantitative estimate of drug-likeness (QED) is 0.658. The Morgan fingerprint density at radius 3 is 2.78 bits per heavy atom. The molecule has 140 valence electrons. The number of amides is 1. The van der Waals surface area contributed by atoms with E-state index >= 15 is 0 Å². The summed E-state index contributed by atoms with van der Waals surface area (Å²) in [7, 11) is 1.97. The molecule has 0 aliphatic rings. The number of carbonyl (C=O) groups is 1. The van der Waals surface area contributed by atoms with Crippen molar-refractivity contribution in [2.75, 3.05) is 12.4 Å². The van der Waals surface area contributed by atoms with E-state index in [2.05, 4.69) is 15.2 Å². The smallest absolute Gasteiger partial charge is 0.231 e. The van der Waals surface area contributed by atoms with Gasteiger partial charge in [0.1, 0.15) is 10.8 Å². The number of carbonyl (C=O) groups excluding carboxylic acids is 1. The first-order valence-electron chi connectivity index (χ1n) is 8.71. The van der Waals surface area contributed by atoms with Crippen LogP contribution in [0.1, 0.15) is 21.8 Å². The second-order valence-electron chi connectivity index (χ2n) is 6.57. The number of halogens is 1. The molecule has 3 aromatic rings. The molecule has 1 heterocycles. The molecule has 6 heteroatoms. The molecule has 2 aromatic carbocycles. The monoisotopic (exact) mass is 383 g/mol. The zero-order valence-electron chi connectivity index (χ0n) is 15.4. The number of anilines is 1. The highest BCUT2D eigenvalue weighted by Crippen LogP contribution is 2.16. The topological polar surface area (TPSA) is 45.2 Å². The van der Waals surface area contributed by atoms with E-state index in [1.807, 2.05) is 49.7 Å². The van der Waals surface area contributed by atoms with Crippen LogP contribution in [0.5, 0.6) is 0 Å². The molecule has 4 nitrogen and oxygen atoms in total. The highest BCUT2D eigenvalue weighted by Gasteiger charge is 2.11. The van der Waals surface area contributed by atoms with Crippen LogP contribution in [-0.4, -0.2) is 22.8 Å². The number of aromatic nitrogens is 1. The van der Waals surface area contributed by atoms with Crippen LogP contribution < -0.4 is 5.32 Å². The summed E-state index contributed by atoms with van der Waals surface area (Å²) < 4.78 is 13.3. The largest absolute Gasteiger partial charge is 0.325 e. The fourth-order valence-electron chi connectivity index (χ4n) is 2.83. The molecule has 0 aliphatic carbocycles. The number of nitrogens with zero attached hydrogens (tertiary/aromatic N) is 2. The molecule has 1 amide bonds. The van der Waals surface area contributed by atoms with Crippen LogP contribution in [0.3, 0.4) is 0 Å². The van der Waals surface area contributed by atoms with Gasteiger partial charge in [-0.1, -0.05) is 30.3 Å². The van der Waals surface area contributed by atoms with Crippen LogP contribution in [0.15, 0.2) is 53.9 Å². The second kappa shape index (κ2) is 8.88. The Labute approximate surface area is 162 Å². The van der Waals surface area contributed by atoms with Crippen molar-refractivity contribution in [2.45, 2.75) is 26.4 Å². The van der Waals surface area contributed by atoms with Gasteiger partial charge in [0.25, 0.3) is 0 Å². The average Bonchev–Trinajstić information content (AvgIpc) is 3.03. The number of rotatable bonds is 7. The molecule has 0 unspecified atom stereocenters. The number of para-hydroxylation sites is 1. The van der Waals surface area contributed by atoms with E-state index in [4.69, 9.17) is 0 Å². The summed E-state index contributed by atoms with van der Waals surface area (Å²) in [5.41, 5.74) is 3.70. The van der Waals surface area contributed by atoms with Crippen molar-refractivity contribution >= 4 is 22.9 Å². The van der Waals surface area contributed by atoms with Gasteiger partial charge >= 0.3 is 0 Å². The van der Waals surface area contributed by atoms with E-state index in [9.17, 15) is 9.18 Å². The van der Waals surface area contributed by atoms with Gasteiger partial charge in [0.15, 0.2) is 0 Å². The van der Waals surface area contributed by atoms with Crippen LogP contribution in [0.25, 0.3) is 0 Å². The predicted octanol–water partition coefficient (Wildman–Crippen LogP) is 4.40. The van der Waals surface area contributed by atoms with Crippen LogP contribution in [0.2, 0.25) is 0 Å². The molecule has 3 rings (SSSR count). The molecule has 0 atom stereocenters. The zero-order valence-corrected chi connectivity index (χ0v) is 16.2. The van der Waals surface area contributed by atoms with Crippen LogP contribution >= 0.6 is 11.3 Å². The van der Waals surface area contributed by atoms with E-state index in [-0.39, 0.29) is 18.1 Å². The molecule has 1 N–H and O–H groups in total. The van der Waals surface area contributed by atoms with Crippen LogP contribution in [0.4, 0.5) is 10.1 Å². The summed E-state index contributed by atoms with van der Waals surface area (Å²) in [6.07, 6.45) is 0.257. The molecular weight excluding hydrogens is 361 g/mol. The summed E-state index contributed by atoms with van der Waals surface area (Å²) in [6.45, 7) is 3.25. The lowest BCUT2D eigenvalue weighted by atomic mass is 10.2. The van der Waals surface area contributed by atoms with Crippen molar-refractivity contribution in [2.24, 2.45) is 0 Å². The second-order valence-corrected chi connectivity index (χ2v) is 7.52. The van der Waals surface area contributed by atoms with Crippen molar-refractivity contribution in [3.05, 3.63) is 81.6 Å². The SMILES string of the molecule is Cc1ccccc1NC(=O)Cc1nc(CN(C)Cc2cccc(F)c2)cs1. The Kier molecular flexibility index (Phi) is 6.32. The first-order chi connectivity index (χ1) is 13.0. The van der Waals surface area contributed by atoms with E-state index in [1.165, 1.54) is 17.4 Å². The molecule has 0 aliphatic heterocycles. The number of thiazole rings is 1. The maximum atomic E-state index is 13.3. The summed E-state index contributed by atoms with van der Waals surface area (Å²) >= 11 is 1.48. The summed E-state index contributed by atoms with van der Waals surface area (Å²) in [5, 5.41) is 5.69. The highest BCUT2D eigenvalue weighted by atomic mass is 32.1. The molecule has 0 radical (unpaired) electrons. The van der Waals surface area contributed by atoms with Gasteiger partial charge in [0.05, 0.1) is 12.1 Å². The maximum Gasteiger partial charge on any atom is 0.231 e. The molecule has 0 saturated carbocycles. The standard InChI is InChI=1S/C21H22FN3OS/c1-15-6-3-4-9-19(15)24-20(26)11-21-23-18(14-27-21)13-25(2)12-16-7-5-8-17(22)10-16/h3-10,14H,11-13H2,1-2H3,(H,24,26). The lowest BCUT2D eigenvalue weighted by molar-refractivity contribution is -0.115. The van der Waals surface area contributed by atoms with Crippen LogP contribution in [0, 0.1) is 12.7 Å². The number of hydrogen-bond donors (Lipinski definition) is 1. The summed E-state index contributed by atoms with van der Waals surface area (Å²) in [4.78, 5) is 18.9. The summed E-state index contributed by atoms with van der Waals surface area (Å²) in [5.74, 6) is -0.296. The first-order valence-corrected chi connectivity index (χ1v) is 9.59. The number of nitrogens with one attached hydrogen (secondary N) is 1. The first kappa shape index (κ1) is 19.2. The molecule has 27 heavy (non-hydrogen) atoms. The lowest BCUT2D eigenvalue weighted by Gasteiger charge is -2.15. The van der Waals surface area contributed by atoms with E-state index < -0.39 is 0 Å². The fourth-order valence-corrected chi connectivity index (χ4v) is 3.61. The normalized spacial score (nSPS) is 11.0. The Balaban J connectivity index is 1.53. The minimum Gasteiger partial charge on any atom is -0.325 e. The van der Waals surface area contributed by atoms with E-state index in [0.29, 0.717) is 13.1 Å². The van der Waals surface area contributed by atoms with Gasteiger partial charge in [-0.2, -0.15) is 0 Å². The number of aryl methyl sites for hydroxylation is 1. The number of benzene rings is 2. The van der Waals surface area contributed by atoms with Gasteiger partial charge < -0.3 is 5.32 Å². The highest BCUT2D eigenvalue weighted by molar-refractivity contribution is 7.09. The molecule has 0 spiro atoms. The minimum absolute atomic E-state index is 0.0710. The van der Waals surface area contributed by atoms with Crippen molar-refractivity contribution in [3.8, 4) is 0 Å². The predicted molar refractivity (Wildman–Crippen MR) is 107 cm³/mol. The molecule has 0 bridgehead atoms. The zero-order chi connectivity index (χ0) is 19.2. The lowest BCUT2D eigenvalue weighted by Crippen LogP contribution is -2.18. The van der Waals surface area contributed by atoms with Gasteiger partial charge in [-0.3, -0.25) is 9.69 Å². The van der Waals surface area contributed by atoms with Gasteiger partial charge in [0, 0.05) is 24.2 Å². The average molecular weight is 383 g/mol. The van der Waals surface area contributed by atoms with Crippen molar-refractivity contribution in [3.63, 3.8) is 0 Å². The van der Waals surface area contributed by atoms with Gasteiger partial charge in [-0.25, -0.2) is 9.37 Å². The van der Waals surface area contributed by atoms with Gasteiger partial charge in [-0.15, -0.1) is 11.3 Å². The molecular formula is C21H22FN3OS. The Morgan fingerprint density at radius 1 is 1.19 bits per heavy atom. The number of hydrogen-bond acceptors (Lipinski definition) is 4. The molecule has 1 aromatic heterocycles. The molecule has 0 fully saturated rings. The maximum absolute atomic E-state index is 13.3. The Morgan fingerprint density at radius 2 is 2.00 bits per heavy atom. The minimum atomic E-state index is -0.225. The fraction of sp³-hybridized carbons (Fsp3) is 0.238. The van der Waals surface area contributed by atoms with Gasteiger partial charge in [0.2, 0.25) is 5.91 Å². The van der Waals surface area contributed by atoms with Gasteiger partial charge in [-0.05, 0) is 43.3 Å². The third-order valence-corrected chi connectivity index (χ3v) is 5.00. The summed E-state index contributed by atoms with van der Waals surface area (Å²) in [6, 6.07) is 14.3. The third-order valence-electron chi connectivity index (χ3n) is 4.10. The van der Waals surface area contributed by atoms with Crippen molar-refractivity contribution in [1.82, 2.24) is 9.88 Å². The van der Waals surface area contributed by atoms with Crippen molar-refractivity contribution < 1.29 is 9.18 Å². The van der Waals surface area contributed by atoms with E-state index in [1.54, 1.807) is 12.1 Å².